The zero-order valence-corrected chi connectivity index (χ0v) is 20.4. The molecule has 0 radical (unpaired) electrons. The van der Waals surface area contributed by atoms with Crippen LogP contribution in [0.2, 0.25) is 0 Å². The van der Waals surface area contributed by atoms with Crippen LogP contribution in [0.3, 0.4) is 0 Å². The fourth-order valence-electron chi connectivity index (χ4n) is 2.58. The average Bonchev–Trinajstić information content (AvgIpc) is 2.57. The van der Waals surface area contributed by atoms with Gasteiger partial charge in [-0.1, -0.05) is 70.4 Å². The Hall–Kier alpha value is 0.120. The first-order valence-electron chi connectivity index (χ1n) is 10.2. The quantitative estimate of drug-likeness (QED) is 0.171. The number of hydrogen-bond donors (Lipinski definition) is 1. The van der Waals surface area contributed by atoms with Gasteiger partial charge < -0.3 is 10.7 Å². The Bertz CT molecular complexity index is 481. The summed E-state index contributed by atoms with van der Waals surface area (Å²) in [6.07, 6.45) is 19.7. The second-order valence-corrected chi connectivity index (χ2v) is 8.72. The van der Waals surface area contributed by atoms with Gasteiger partial charge in [-0.2, -0.15) is 8.42 Å². The van der Waals surface area contributed by atoms with E-state index in [1.54, 1.807) is 0 Å². The first-order valence-corrected chi connectivity index (χ1v) is 11.7. The van der Waals surface area contributed by atoms with Crippen molar-refractivity contribution in [1.29, 1.82) is 0 Å². The molecule has 156 valence electrons. The normalized spacial score (nSPS) is 12.7. The molecule has 5 nitrogen and oxygen atoms in total. The van der Waals surface area contributed by atoms with E-state index in [2.05, 4.69) is 23.3 Å². The van der Waals surface area contributed by atoms with Gasteiger partial charge in [-0.05, 0) is 39.0 Å². The Morgan fingerprint density at radius 2 is 1.37 bits per heavy atom. The topological polar surface area (TPSA) is 80.7 Å². The first kappa shape index (κ1) is 29.3. The maximum Gasteiger partial charge on any atom is 1.00 e. The summed E-state index contributed by atoms with van der Waals surface area (Å²) in [7, 11) is -4.17. The molecule has 0 rings (SSSR count). The third-order valence-corrected chi connectivity index (χ3v) is 5.52. The van der Waals surface area contributed by atoms with E-state index in [9.17, 15) is 13.2 Å². The van der Waals surface area contributed by atoms with Gasteiger partial charge in [-0.3, -0.25) is 4.79 Å². The fourth-order valence-corrected chi connectivity index (χ4v) is 3.06. The van der Waals surface area contributed by atoms with Crippen LogP contribution in [0.25, 0.3) is 0 Å². The van der Waals surface area contributed by atoms with Crippen LogP contribution in [-0.4, -0.2) is 24.9 Å². The Morgan fingerprint density at radius 1 is 0.926 bits per heavy atom. The van der Waals surface area contributed by atoms with Crippen LogP contribution in [0.4, 0.5) is 0 Å². The van der Waals surface area contributed by atoms with Gasteiger partial charge in [0.25, 0.3) is 0 Å². The molecule has 0 aliphatic rings. The van der Waals surface area contributed by atoms with Gasteiger partial charge in [-0.25, -0.2) is 0 Å². The third kappa shape index (κ3) is 19.2. The summed E-state index contributed by atoms with van der Waals surface area (Å²) in [5.41, 5.74) is -1.68. The molecule has 0 amide bonds. The van der Waals surface area contributed by atoms with Gasteiger partial charge >= 0.3 is 45.6 Å². The molecule has 0 heterocycles. The number of unbranched alkanes of at least 4 members (excludes halogenated alkanes) is 11. The molecule has 0 aromatic rings. The summed E-state index contributed by atoms with van der Waals surface area (Å²) in [5.74, 6) is -0.788. The van der Waals surface area contributed by atoms with Crippen molar-refractivity contribution in [2.45, 2.75) is 109 Å². The number of carbonyl (C=O) groups is 1. The summed E-state index contributed by atoms with van der Waals surface area (Å²) in [6.45, 7) is 3.30. The zero-order chi connectivity index (χ0) is 19.7. The summed E-state index contributed by atoms with van der Waals surface area (Å²) >= 11 is 0. The number of hydrogen-bond acceptors (Lipinski definition) is 5. The Labute approximate surface area is 190 Å². The number of allylic oxidation sites excluding steroid dienone is 2. The summed E-state index contributed by atoms with van der Waals surface area (Å²) in [5, 5.41) is 8.96. The van der Waals surface area contributed by atoms with Crippen molar-refractivity contribution in [3.05, 3.63) is 12.2 Å². The van der Waals surface area contributed by atoms with Crippen molar-refractivity contribution in [1.82, 2.24) is 0 Å². The number of aliphatic hydroxyl groups is 1. The molecule has 0 spiro atoms. The largest absolute Gasteiger partial charge is 1.00 e. The standard InChI is InChI=1S/C20H38O5S.Na.H/c1-3-4-5-6-7-8-9-10-11-12-13-14-15-16-17-18-20(22)25-26(23,24)19(2)21;;/h10-11,19,21H,3-9,12-18H2,1-2H3;;/q;+1;-1/b11-10-;;. The molecule has 0 aliphatic heterocycles. The molecule has 0 bridgehead atoms. The van der Waals surface area contributed by atoms with E-state index in [-0.39, 0.29) is 37.4 Å². The summed E-state index contributed by atoms with van der Waals surface area (Å²) in [4.78, 5) is 11.4. The molecule has 0 saturated heterocycles. The first-order chi connectivity index (χ1) is 12.4. The second-order valence-electron chi connectivity index (χ2n) is 6.88. The minimum absolute atomic E-state index is 0. The fraction of sp³-hybridized carbons (Fsp3) is 0.850. The Kier molecular flexibility index (Phi) is 21.1. The monoisotopic (exact) mass is 414 g/mol. The van der Waals surface area contributed by atoms with Gasteiger partial charge in [-0.15, -0.1) is 0 Å². The molecule has 0 saturated carbocycles. The maximum absolute atomic E-state index is 11.4. The molecular weight excluding hydrogens is 375 g/mol. The molecule has 0 fully saturated rings. The van der Waals surface area contributed by atoms with Crippen LogP contribution >= 0.6 is 0 Å². The average molecular weight is 415 g/mol. The molecule has 0 aromatic carbocycles. The summed E-state index contributed by atoms with van der Waals surface area (Å²) < 4.78 is 26.7. The van der Waals surface area contributed by atoms with E-state index in [4.69, 9.17) is 5.11 Å². The minimum atomic E-state index is -4.17. The molecule has 1 atom stereocenters. The van der Waals surface area contributed by atoms with Crippen molar-refractivity contribution >= 4 is 16.1 Å². The predicted molar refractivity (Wildman–Crippen MR) is 107 cm³/mol. The smallest absolute Gasteiger partial charge is 1.00 e. The minimum Gasteiger partial charge on any atom is -1.00 e. The van der Waals surface area contributed by atoms with E-state index in [1.165, 1.54) is 44.9 Å². The third-order valence-electron chi connectivity index (χ3n) is 4.27. The number of rotatable bonds is 17. The van der Waals surface area contributed by atoms with Crippen molar-refractivity contribution in [3.63, 3.8) is 0 Å². The van der Waals surface area contributed by atoms with Crippen LogP contribution in [0.15, 0.2) is 12.2 Å². The summed E-state index contributed by atoms with van der Waals surface area (Å²) in [6, 6.07) is 0. The van der Waals surface area contributed by atoms with E-state index in [1.807, 2.05) is 0 Å². The molecule has 1 N–H and O–H groups in total. The van der Waals surface area contributed by atoms with Crippen LogP contribution in [-0.2, 0) is 19.1 Å². The number of carbonyl (C=O) groups excluding carboxylic acids is 1. The van der Waals surface area contributed by atoms with Crippen molar-refractivity contribution in [2.24, 2.45) is 0 Å². The van der Waals surface area contributed by atoms with E-state index in [0.29, 0.717) is 6.42 Å². The van der Waals surface area contributed by atoms with Crippen molar-refractivity contribution in [3.8, 4) is 0 Å². The van der Waals surface area contributed by atoms with Crippen LogP contribution in [0.1, 0.15) is 105 Å². The van der Waals surface area contributed by atoms with Gasteiger partial charge in [0.2, 0.25) is 0 Å². The Balaban J connectivity index is -0.00000312. The van der Waals surface area contributed by atoms with Crippen molar-refractivity contribution in [2.75, 3.05) is 0 Å². The van der Waals surface area contributed by atoms with E-state index >= 15 is 0 Å². The molecular formula is C20H39NaO5S. The zero-order valence-electron chi connectivity index (χ0n) is 18.6. The number of aliphatic hydroxyl groups excluding tert-OH is 1. The maximum atomic E-state index is 11.4. The van der Waals surface area contributed by atoms with Crippen LogP contribution in [0.5, 0.6) is 0 Å². The van der Waals surface area contributed by atoms with Crippen LogP contribution in [0, 0.1) is 0 Å². The van der Waals surface area contributed by atoms with E-state index in [0.717, 1.165) is 39.0 Å². The molecule has 1 unspecified atom stereocenters. The second kappa shape index (κ2) is 19.4. The molecule has 0 aliphatic carbocycles. The van der Waals surface area contributed by atoms with E-state index < -0.39 is 21.5 Å². The molecule has 7 heteroatoms. The predicted octanol–water partition coefficient (Wildman–Crippen LogP) is 2.35. The Morgan fingerprint density at radius 3 is 1.85 bits per heavy atom. The van der Waals surface area contributed by atoms with Crippen molar-refractivity contribution < 1.29 is 53.5 Å². The van der Waals surface area contributed by atoms with Gasteiger partial charge in [0.1, 0.15) is 0 Å². The molecule has 0 aromatic heterocycles. The van der Waals surface area contributed by atoms with Crippen LogP contribution < -0.4 is 29.6 Å². The van der Waals surface area contributed by atoms with Gasteiger partial charge in [0.05, 0.1) is 0 Å². The van der Waals surface area contributed by atoms with Gasteiger partial charge in [0, 0.05) is 6.42 Å². The van der Waals surface area contributed by atoms with Gasteiger partial charge in [0.15, 0.2) is 5.44 Å². The SMILES string of the molecule is CCCCCCCC/C=C\CCCCCCCC(=O)OS(=O)(=O)C(C)O.[H-].[Na+]. The molecule has 27 heavy (non-hydrogen) atoms.